The standard InChI is InChI=1S/C18H28ClN5/c1-4-16-15(18(19)23(3)21-16)13-24-11-6-5-7-14(24)8-9-17-20-10-12-22(17)2/h10,12,14H,4-9,11,13H2,1-3H3. The van der Waals surface area contributed by atoms with Gasteiger partial charge >= 0.3 is 0 Å². The molecule has 132 valence electrons. The molecular weight excluding hydrogens is 322 g/mol. The van der Waals surface area contributed by atoms with E-state index in [1.54, 1.807) is 0 Å². The molecule has 0 saturated carbocycles. The second-order valence-corrected chi connectivity index (χ2v) is 7.16. The summed E-state index contributed by atoms with van der Waals surface area (Å²) in [5.41, 5.74) is 2.35. The SMILES string of the molecule is CCc1nn(C)c(Cl)c1CN1CCCCC1CCc1nccn1C. The number of piperidine rings is 1. The predicted molar refractivity (Wildman–Crippen MR) is 97.2 cm³/mol. The highest BCUT2D eigenvalue weighted by Crippen LogP contribution is 2.27. The van der Waals surface area contributed by atoms with E-state index in [2.05, 4.69) is 33.5 Å². The number of imidazole rings is 1. The first-order chi connectivity index (χ1) is 11.6. The van der Waals surface area contributed by atoms with Crippen LogP contribution in [-0.4, -0.2) is 36.8 Å². The first-order valence-electron chi connectivity index (χ1n) is 9.00. The van der Waals surface area contributed by atoms with Crippen molar-refractivity contribution in [2.75, 3.05) is 6.54 Å². The fourth-order valence-corrected chi connectivity index (χ4v) is 3.98. The lowest BCUT2D eigenvalue weighted by molar-refractivity contribution is 0.131. The van der Waals surface area contributed by atoms with Gasteiger partial charge in [0.1, 0.15) is 11.0 Å². The first kappa shape index (κ1) is 17.5. The minimum Gasteiger partial charge on any atom is -0.338 e. The largest absolute Gasteiger partial charge is 0.338 e. The number of nitrogens with zero attached hydrogens (tertiary/aromatic N) is 5. The predicted octanol–water partition coefficient (Wildman–Crippen LogP) is 3.36. The van der Waals surface area contributed by atoms with Crippen LogP contribution in [0.3, 0.4) is 0 Å². The smallest absolute Gasteiger partial charge is 0.131 e. The lowest BCUT2D eigenvalue weighted by Crippen LogP contribution is -2.39. The molecule has 3 heterocycles. The number of rotatable bonds is 6. The van der Waals surface area contributed by atoms with Crippen LogP contribution in [0.1, 0.15) is 49.7 Å². The van der Waals surface area contributed by atoms with Crippen molar-refractivity contribution in [1.29, 1.82) is 0 Å². The van der Waals surface area contributed by atoms with Gasteiger partial charge in [-0.3, -0.25) is 9.58 Å². The van der Waals surface area contributed by atoms with Crippen molar-refractivity contribution < 1.29 is 0 Å². The summed E-state index contributed by atoms with van der Waals surface area (Å²) in [5, 5.41) is 5.35. The summed E-state index contributed by atoms with van der Waals surface area (Å²) in [7, 11) is 4.00. The molecular formula is C18H28ClN5. The Labute approximate surface area is 149 Å². The molecule has 1 atom stereocenters. The second-order valence-electron chi connectivity index (χ2n) is 6.81. The van der Waals surface area contributed by atoms with Crippen LogP contribution in [0.25, 0.3) is 0 Å². The van der Waals surface area contributed by atoms with Crippen molar-refractivity contribution in [2.24, 2.45) is 14.1 Å². The van der Waals surface area contributed by atoms with Crippen molar-refractivity contribution >= 4 is 11.6 Å². The maximum Gasteiger partial charge on any atom is 0.131 e. The highest BCUT2D eigenvalue weighted by atomic mass is 35.5. The van der Waals surface area contributed by atoms with Crippen LogP contribution < -0.4 is 0 Å². The molecule has 2 aromatic rings. The van der Waals surface area contributed by atoms with Crippen LogP contribution in [0, 0.1) is 0 Å². The van der Waals surface area contributed by atoms with Crippen molar-refractivity contribution in [2.45, 2.75) is 58.0 Å². The Morgan fingerprint density at radius 1 is 1.29 bits per heavy atom. The Morgan fingerprint density at radius 3 is 2.83 bits per heavy atom. The molecule has 0 amide bonds. The van der Waals surface area contributed by atoms with Crippen LogP contribution in [0.2, 0.25) is 5.15 Å². The van der Waals surface area contributed by atoms with Crippen LogP contribution in [0.4, 0.5) is 0 Å². The summed E-state index contributed by atoms with van der Waals surface area (Å²) in [6.07, 6.45) is 10.9. The van der Waals surface area contributed by atoms with E-state index in [9.17, 15) is 0 Å². The van der Waals surface area contributed by atoms with E-state index in [0.717, 1.165) is 43.2 Å². The summed E-state index contributed by atoms with van der Waals surface area (Å²) in [6, 6.07) is 0.608. The van der Waals surface area contributed by atoms with Crippen LogP contribution in [-0.2, 0) is 33.5 Å². The molecule has 1 unspecified atom stereocenters. The van der Waals surface area contributed by atoms with Gasteiger partial charge < -0.3 is 4.57 Å². The van der Waals surface area contributed by atoms with Crippen LogP contribution in [0.15, 0.2) is 12.4 Å². The molecule has 0 N–H and O–H groups in total. The molecule has 3 rings (SSSR count). The maximum atomic E-state index is 6.50. The van der Waals surface area contributed by atoms with E-state index < -0.39 is 0 Å². The molecule has 24 heavy (non-hydrogen) atoms. The van der Waals surface area contributed by atoms with Crippen molar-refractivity contribution in [3.8, 4) is 0 Å². The number of hydrogen-bond acceptors (Lipinski definition) is 3. The van der Waals surface area contributed by atoms with Gasteiger partial charge in [-0.15, -0.1) is 0 Å². The van der Waals surface area contributed by atoms with E-state index in [-0.39, 0.29) is 0 Å². The molecule has 0 aliphatic carbocycles. The summed E-state index contributed by atoms with van der Waals surface area (Å²) in [6.45, 7) is 4.22. The molecule has 0 bridgehead atoms. The summed E-state index contributed by atoms with van der Waals surface area (Å²) < 4.78 is 3.93. The van der Waals surface area contributed by atoms with Gasteiger partial charge in [-0.2, -0.15) is 5.10 Å². The molecule has 6 heteroatoms. The van der Waals surface area contributed by atoms with Gasteiger partial charge in [0.05, 0.1) is 5.69 Å². The average Bonchev–Trinajstić information content (AvgIpc) is 3.11. The van der Waals surface area contributed by atoms with Gasteiger partial charge in [0, 0.05) is 51.1 Å². The zero-order valence-electron chi connectivity index (χ0n) is 15.0. The number of aromatic nitrogens is 4. The molecule has 0 radical (unpaired) electrons. The van der Waals surface area contributed by atoms with Gasteiger partial charge in [0.25, 0.3) is 0 Å². The fraction of sp³-hybridized carbons (Fsp3) is 0.667. The quantitative estimate of drug-likeness (QED) is 0.802. The lowest BCUT2D eigenvalue weighted by Gasteiger charge is -2.36. The van der Waals surface area contributed by atoms with E-state index in [0.29, 0.717) is 6.04 Å². The van der Waals surface area contributed by atoms with Gasteiger partial charge in [-0.25, -0.2) is 4.98 Å². The van der Waals surface area contributed by atoms with E-state index in [1.807, 2.05) is 24.1 Å². The molecule has 1 aliphatic rings. The Morgan fingerprint density at radius 2 is 2.12 bits per heavy atom. The highest BCUT2D eigenvalue weighted by Gasteiger charge is 2.25. The Bertz CT molecular complexity index is 675. The molecule has 0 aromatic carbocycles. The second kappa shape index (κ2) is 7.70. The summed E-state index contributed by atoms with van der Waals surface area (Å²) in [4.78, 5) is 7.07. The number of likely N-dealkylation sites (tertiary alicyclic amines) is 1. The molecule has 2 aromatic heterocycles. The normalized spacial score (nSPS) is 19.1. The number of halogens is 1. The van der Waals surface area contributed by atoms with Gasteiger partial charge in [-0.05, 0) is 32.2 Å². The summed E-state index contributed by atoms with van der Waals surface area (Å²) >= 11 is 6.50. The fourth-order valence-electron chi connectivity index (χ4n) is 3.77. The van der Waals surface area contributed by atoms with Gasteiger partial charge in [0.2, 0.25) is 0 Å². The monoisotopic (exact) mass is 349 g/mol. The zero-order valence-corrected chi connectivity index (χ0v) is 15.8. The van der Waals surface area contributed by atoms with Crippen LogP contribution >= 0.6 is 11.6 Å². The van der Waals surface area contributed by atoms with Crippen molar-refractivity contribution in [3.63, 3.8) is 0 Å². The maximum absolute atomic E-state index is 6.50. The summed E-state index contributed by atoms with van der Waals surface area (Å²) in [5.74, 6) is 1.18. The third-order valence-corrected chi connectivity index (χ3v) is 5.69. The number of aryl methyl sites for hydroxylation is 4. The minimum absolute atomic E-state index is 0.608. The van der Waals surface area contributed by atoms with E-state index in [1.165, 1.54) is 30.7 Å². The molecule has 0 spiro atoms. The third-order valence-electron chi connectivity index (χ3n) is 5.22. The Kier molecular flexibility index (Phi) is 5.61. The first-order valence-corrected chi connectivity index (χ1v) is 9.38. The third kappa shape index (κ3) is 3.67. The van der Waals surface area contributed by atoms with Gasteiger partial charge in [-0.1, -0.05) is 24.9 Å². The van der Waals surface area contributed by atoms with Crippen LogP contribution in [0.5, 0.6) is 0 Å². The lowest BCUT2D eigenvalue weighted by atomic mass is 9.97. The molecule has 1 aliphatic heterocycles. The van der Waals surface area contributed by atoms with Crippen molar-refractivity contribution in [1.82, 2.24) is 24.2 Å². The highest BCUT2D eigenvalue weighted by molar-refractivity contribution is 6.30. The van der Waals surface area contributed by atoms with E-state index in [4.69, 9.17) is 11.6 Å². The van der Waals surface area contributed by atoms with Crippen molar-refractivity contribution in [3.05, 3.63) is 34.6 Å². The Hall–Kier alpha value is -1.33. The average molecular weight is 350 g/mol. The topological polar surface area (TPSA) is 38.9 Å². The number of hydrogen-bond donors (Lipinski definition) is 0. The molecule has 5 nitrogen and oxygen atoms in total. The molecule has 1 fully saturated rings. The minimum atomic E-state index is 0.608. The molecule has 1 saturated heterocycles. The Balaban J connectivity index is 1.69. The van der Waals surface area contributed by atoms with E-state index >= 15 is 0 Å². The zero-order chi connectivity index (χ0) is 17.1. The van der Waals surface area contributed by atoms with Gasteiger partial charge in [0.15, 0.2) is 0 Å².